The summed E-state index contributed by atoms with van der Waals surface area (Å²) >= 11 is 6.53. The highest BCUT2D eigenvalue weighted by Gasteiger charge is 2.49. The topological polar surface area (TPSA) is 225 Å². The van der Waals surface area contributed by atoms with Gasteiger partial charge in [-0.15, -0.1) is 0 Å². The predicted octanol–water partition coefficient (Wildman–Crippen LogP) is 1.52. The van der Waals surface area contributed by atoms with Crippen LogP contribution < -0.4 is 20.1 Å². The maximum atomic E-state index is 13.5. The molecule has 290 valence electrons. The van der Waals surface area contributed by atoms with Crippen molar-refractivity contribution in [1.29, 1.82) is 0 Å². The van der Waals surface area contributed by atoms with Gasteiger partial charge in [-0.2, -0.15) is 4.73 Å². The number of hydrogen-bond donors (Lipinski definition) is 7. The SMILES string of the molecule is CN(CCCCNC(=O)NC(CO)[C@@H](O)[C@H](O)[C@H](O)CO)S(=O)(=O)c1ccc(Cl)c(COC2(c3c[n+]([O-])ccc3-c3ccccc3OC3CC3)CC2)c1. The summed E-state index contributed by atoms with van der Waals surface area (Å²) in [6, 6.07) is 11.8. The van der Waals surface area contributed by atoms with Crippen molar-refractivity contribution in [2.75, 3.05) is 33.4 Å². The maximum Gasteiger partial charge on any atom is 0.315 e. The number of unbranched alkanes of at least 4 members (excludes halogenated alkanes) is 1. The normalized spacial score (nSPS) is 17.5. The van der Waals surface area contributed by atoms with Crippen LogP contribution in [0, 0.1) is 5.21 Å². The van der Waals surface area contributed by atoms with E-state index in [1.165, 1.54) is 41.9 Å². The summed E-state index contributed by atoms with van der Waals surface area (Å²) in [4.78, 5) is 12.3. The average Bonchev–Trinajstić information content (AvgIpc) is 4.10. The molecule has 0 spiro atoms. The van der Waals surface area contributed by atoms with Crippen LogP contribution in [-0.4, -0.2) is 108 Å². The van der Waals surface area contributed by atoms with Crippen molar-refractivity contribution in [2.45, 2.75) is 86.1 Å². The number of rotatable bonds is 20. The molecular formula is C36H47ClN4O11S. The Kier molecular flexibility index (Phi) is 13.6. The molecular weight excluding hydrogens is 732 g/mol. The second kappa shape index (κ2) is 17.7. The first-order valence-electron chi connectivity index (χ1n) is 17.5. The number of carbonyl (C=O) groups excluding carboxylic acids is 1. The first kappa shape index (κ1) is 40.6. The lowest BCUT2D eigenvalue weighted by molar-refractivity contribution is -0.606. The van der Waals surface area contributed by atoms with Crippen LogP contribution in [0.25, 0.3) is 11.1 Å². The second-order valence-corrected chi connectivity index (χ2v) is 15.9. The number of urea groups is 1. The van der Waals surface area contributed by atoms with E-state index in [2.05, 4.69) is 10.6 Å². The van der Waals surface area contributed by atoms with E-state index in [0.717, 1.165) is 40.0 Å². The fourth-order valence-electron chi connectivity index (χ4n) is 5.87. The molecule has 4 atom stereocenters. The number of benzene rings is 2. The van der Waals surface area contributed by atoms with Crippen LogP contribution in [0.1, 0.15) is 49.7 Å². The number of nitrogens with one attached hydrogen (secondary N) is 2. The Morgan fingerprint density at radius 3 is 2.47 bits per heavy atom. The molecule has 7 N–H and O–H groups in total. The fourth-order valence-corrected chi connectivity index (χ4v) is 7.30. The van der Waals surface area contributed by atoms with Gasteiger partial charge in [0.15, 0.2) is 12.4 Å². The minimum absolute atomic E-state index is 0.00218. The van der Waals surface area contributed by atoms with Gasteiger partial charge in [0.05, 0.1) is 42.4 Å². The van der Waals surface area contributed by atoms with Crippen LogP contribution in [0.15, 0.2) is 65.8 Å². The van der Waals surface area contributed by atoms with E-state index < -0.39 is 59.2 Å². The molecule has 15 nitrogen and oxygen atoms in total. The smallest absolute Gasteiger partial charge is 0.315 e. The molecule has 17 heteroatoms. The van der Waals surface area contributed by atoms with Crippen LogP contribution >= 0.6 is 11.6 Å². The summed E-state index contributed by atoms with van der Waals surface area (Å²) in [6.07, 6.45) is 2.02. The Labute approximate surface area is 313 Å². The lowest BCUT2D eigenvalue weighted by Gasteiger charge is -2.28. The molecule has 1 unspecified atom stereocenters. The Morgan fingerprint density at radius 2 is 1.79 bits per heavy atom. The number of pyridine rings is 1. The molecule has 1 heterocycles. The zero-order chi connectivity index (χ0) is 38.3. The fraction of sp³-hybridized carbons (Fsp3) is 0.500. The van der Waals surface area contributed by atoms with E-state index in [-0.39, 0.29) is 30.7 Å². The molecule has 0 bridgehead atoms. The average molecular weight is 779 g/mol. The number of hydrogen-bond acceptors (Lipinski definition) is 11. The zero-order valence-electron chi connectivity index (χ0n) is 29.3. The Bertz CT molecular complexity index is 1830. The predicted molar refractivity (Wildman–Crippen MR) is 193 cm³/mol. The number of ether oxygens (including phenoxy) is 2. The van der Waals surface area contributed by atoms with Crippen molar-refractivity contribution in [3.63, 3.8) is 0 Å². The van der Waals surface area contributed by atoms with Crippen molar-refractivity contribution in [3.8, 4) is 16.9 Å². The van der Waals surface area contributed by atoms with Crippen LogP contribution in [0.5, 0.6) is 5.75 Å². The highest BCUT2D eigenvalue weighted by molar-refractivity contribution is 7.89. The van der Waals surface area contributed by atoms with E-state index in [9.17, 15) is 38.8 Å². The molecule has 0 radical (unpaired) electrons. The summed E-state index contributed by atoms with van der Waals surface area (Å²) in [5.41, 5.74) is 2.11. The van der Waals surface area contributed by atoms with Crippen molar-refractivity contribution < 1.29 is 52.9 Å². The molecule has 2 fully saturated rings. The van der Waals surface area contributed by atoms with Crippen LogP contribution in [-0.2, 0) is 27.0 Å². The highest BCUT2D eigenvalue weighted by Crippen LogP contribution is 2.53. The molecule has 0 aliphatic heterocycles. The monoisotopic (exact) mass is 778 g/mol. The molecule has 2 aliphatic carbocycles. The van der Waals surface area contributed by atoms with Crippen LogP contribution in [0.3, 0.4) is 0 Å². The quantitative estimate of drug-likeness (QED) is 0.0495. The number of sulfonamides is 1. The number of aliphatic hydroxyl groups is 5. The van der Waals surface area contributed by atoms with Gasteiger partial charge in [-0.25, -0.2) is 17.5 Å². The van der Waals surface area contributed by atoms with Gasteiger partial charge in [0.25, 0.3) is 0 Å². The van der Waals surface area contributed by atoms with Gasteiger partial charge < -0.3 is 50.8 Å². The second-order valence-electron chi connectivity index (χ2n) is 13.4. The molecule has 2 amide bonds. The molecule has 2 aromatic carbocycles. The van der Waals surface area contributed by atoms with E-state index in [4.69, 9.17) is 26.2 Å². The molecule has 3 aromatic rings. The minimum Gasteiger partial charge on any atom is -0.619 e. The molecule has 5 rings (SSSR count). The van der Waals surface area contributed by atoms with Crippen molar-refractivity contribution in [2.24, 2.45) is 0 Å². The van der Waals surface area contributed by atoms with E-state index in [1.807, 2.05) is 24.3 Å². The van der Waals surface area contributed by atoms with Crippen molar-refractivity contribution in [1.82, 2.24) is 14.9 Å². The van der Waals surface area contributed by atoms with Gasteiger partial charge in [0, 0.05) is 42.4 Å². The van der Waals surface area contributed by atoms with Gasteiger partial charge in [-0.05, 0) is 68.4 Å². The van der Waals surface area contributed by atoms with Gasteiger partial charge >= 0.3 is 6.03 Å². The first-order chi connectivity index (χ1) is 25.3. The number of carbonyl (C=O) groups is 1. The van der Waals surface area contributed by atoms with Crippen LogP contribution in [0.4, 0.5) is 4.79 Å². The van der Waals surface area contributed by atoms with Gasteiger partial charge in [0.2, 0.25) is 10.0 Å². The van der Waals surface area contributed by atoms with Gasteiger partial charge in [-0.3, -0.25) is 0 Å². The summed E-state index contributed by atoms with van der Waals surface area (Å²) in [7, 11) is -2.49. The van der Waals surface area contributed by atoms with E-state index in [0.29, 0.717) is 36.3 Å². The maximum absolute atomic E-state index is 13.5. The Hall–Kier alpha value is -3.58. The largest absolute Gasteiger partial charge is 0.619 e. The minimum atomic E-state index is -3.93. The van der Waals surface area contributed by atoms with Gasteiger partial charge in [0.1, 0.15) is 29.7 Å². The van der Waals surface area contributed by atoms with Gasteiger partial charge in [-0.1, -0.05) is 29.8 Å². The van der Waals surface area contributed by atoms with Crippen molar-refractivity contribution >= 4 is 27.7 Å². The molecule has 0 saturated heterocycles. The molecule has 1 aromatic heterocycles. The number of para-hydroxylation sites is 1. The summed E-state index contributed by atoms with van der Waals surface area (Å²) in [5, 5.41) is 65.5. The third-order valence-electron chi connectivity index (χ3n) is 9.40. The summed E-state index contributed by atoms with van der Waals surface area (Å²) < 4.78 is 41.6. The van der Waals surface area contributed by atoms with E-state index >= 15 is 0 Å². The number of aliphatic hydroxyl groups excluding tert-OH is 5. The molecule has 2 saturated carbocycles. The van der Waals surface area contributed by atoms with Crippen LogP contribution in [0.2, 0.25) is 5.02 Å². The lowest BCUT2D eigenvalue weighted by atomic mass is 9.96. The van der Waals surface area contributed by atoms with E-state index in [1.54, 1.807) is 6.07 Å². The van der Waals surface area contributed by atoms with Crippen molar-refractivity contribution in [3.05, 3.63) is 82.3 Å². The zero-order valence-corrected chi connectivity index (χ0v) is 30.9. The Morgan fingerprint density at radius 1 is 1.06 bits per heavy atom. The molecule has 2 aliphatic rings. The summed E-state index contributed by atoms with van der Waals surface area (Å²) in [5.74, 6) is 0.740. The third-order valence-corrected chi connectivity index (χ3v) is 11.6. The number of nitrogens with zero attached hydrogens (tertiary/aromatic N) is 2. The lowest BCUT2D eigenvalue weighted by Crippen LogP contribution is -2.56. The first-order valence-corrected chi connectivity index (χ1v) is 19.3. The standard InChI is InChI=1S/C36H47ClN4O11S/c1-40(16-5-4-15-38-35(47)39-30(20-42)33(45)34(46)31(44)21-43)53(49,50)25-10-11-29(37)23(18-25)22-51-36(13-14-36)28-19-41(48)17-12-26(28)27-6-2-3-7-32(27)52-24-8-9-24/h2-3,6-7,10-12,17-19,24,30-31,33-34,42-46H,4-5,8-9,13-16,20-22H2,1H3,(H2,38,39,47)/t30?,31-,33-,34-/m1/s1. The number of amides is 2. The molecule has 53 heavy (non-hydrogen) atoms. The highest BCUT2D eigenvalue weighted by atomic mass is 35.5. The summed E-state index contributed by atoms with van der Waals surface area (Å²) in [6.45, 7) is -1.30. The Balaban J connectivity index is 1.16. The number of aromatic nitrogens is 1. The number of halogens is 1. The third kappa shape index (κ3) is 10.1.